The SMILES string of the molecule is CC(C)C1=CC(C(C)CNc2cc(C(C)C)cc(C(C)C)c2)CC=C1N. The Morgan fingerprint density at radius 3 is 2.00 bits per heavy atom. The Labute approximate surface area is 161 Å². The average Bonchev–Trinajstić information content (AvgIpc) is 2.59. The third kappa shape index (κ3) is 5.16. The van der Waals surface area contributed by atoms with E-state index in [-0.39, 0.29) is 0 Å². The summed E-state index contributed by atoms with van der Waals surface area (Å²) in [5, 5.41) is 3.71. The molecule has 0 aromatic heterocycles. The molecule has 0 bridgehead atoms. The summed E-state index contributed by atoms with van der Waals surface area (Å²) in [5.41, 5.74) is 12.6. The molecule has 1 aromatic carbocycles. The van der Waals surface area contributed by atoms with Crippen LogP contribution in [-0.4, -0.2) is 6.54 Å². The highest BCUT2D eigenvalue weighted by molar-refractivity contribution is 5.50. The highest BCUT2D eigenvalue weighted by Crippen LogP contribution is 2.31. The number of allylic oxidation sites excluding steroid dienone is 3. The molecule has 0 spiro atoms. The van der Waals surface area contributed by atoms with Crippen molar-refractivity contribution in [3.63, 3.8) is 0 Å². The lowest BCUT2D eigenvalue weighted by atomic mass is 9.82. The Balaban J connectivity index is 2.09. The van der Waals surface area contributed by atoms with Gasteiger partial charge in [-0.3, -0.25) is 0 Å². The molecule has 0 saturated heterocycles. The lowest BCUT2D eigenvalue weighted by molar-refractivity contribution is 0.442. The van der Waals surface area contributed by atoms with Crippen molar-refractivity contribution < 1.29 is 0 Å². The minimum absolute atomic E-state index is 0.491. The number of hydrogen-bond donors (Lipinski definition) is 2. The maximum Gasteiger partial charge on any atom is 0.0345 e. The van der Waals surface area contributed by atoms with Gasteiger partial charge in [-0.1, -0.05) is 66.7 Å². The van der Waals surface area contributed by atoms with E-state index in [1.807, 2.05) is 0 Å². The van der Waals surface area contributed by atoms with Crippen LogP contribution in [0.2, 0.25) is 0 Å². The number of nitrogens with two attached hydrogens (primary N) is 1. The zero-order chi connectivity index (χ0) is 19.4. The van der Waals surface area contributed by atoms with Crippen LogP contribution < -0.4 is 11.1 Å². The zero-order valence-electron chi connectivity index (χ0n) is 17.8. The molecular weight excluding hydrogens is 316 g/mol. The van der Waals surface area contributed by atoms with Crippen molar-refractivity contribution in [3.05, 3.63) is 52.7 Å². The Morgan fingerprint density at radius 1 is 0.923 bits per heavy atom. The molecule has 0 saturated carbocycles. The fraction of sp³-hybridized carbons (Fsp3) is 0.583. The predicted molar refractivity (Wildman–Crippen MR) is 116 cm³/mol. The van der Waals surface area contributed by atoms with Crippen LogP contribution >= 0.6 is 0 Å². The fourth-order valence-corrected chi connectivity index (χ4v) is 3.57. The third-order valence-electron chi connectivity index (χ3n) is 5.63. The van der Waals surface area contributed by atoms with Gasteiger partial charge in [-0.25, -0.2) is 0 Å². The van der Waals surface area contributed by atoms with Gasteiger partial charge in [0.15, 0.2) is 0 Å². The summed E-state index contributed by atoms with van der Waals surface area (Å²) in [6, 6.07) is 6.99. The number of benzene rings is 1. The third-order valence-corrected chi connectivity index (χ3v) is 5.63. The van der Waals surface area contributed by atoms with Crippen LogP contribution in [0.4, 0.5) is 5.69 Å². The van der Waals surface area contributed by atoms with Crippen molar-refractivity contribution in [3.8, 4) is 0 Å². The molecule has 0 aliphatic heterocycles. The van der Waals surface area contributed by atoms with Gasteiger partial charge in [0.1, 0.15) is 0 Å². The van der Waals surface area contributed by atoms with Gasteiger partial charge < -0.3 is 11.1 Å². The minimum atomic E-state index is 0.491. The highest BCUT2D eigenvalue weighted by Gasteiger charge is 2.21. The van der Waals surface area contributed by atoms with E-state index in [0.717, 1.165) is 18.7 Å². The van der Waals surface area contributed by atoms with E-state index in [2.05, 4.69) is 84.1 Å². The molecule has 144 valence electrons. The van der Waals surface area contributed by atoms with Gasteiger partial charge in [0.05, 0.1) is 0 Å². The Hall–Kier alpha value is -1.70. The maximum atomic E-state index is 6.17. The lowest BCUT2D eigenvalue weighted by Gasteiger charge is -2.27. The largest absolute Gasteiger partial charge is 0.399 e. The quantitative estimate of drug-likeness (QED) is 0.592. The van der Waals surface area contributed by atoms with Gasteiger partial charge >= 0.3 is 0 Å². The summed E-state index contributed by atoms with van der Waals surface area (Å²) in [4.78, 5) is 0. The van der Waals surface area contributed by atoms with Crippen LogP contribution in [0.5, 0.6) is 0 Å². The molecule has 1 aliphatic carbocycles. The number of hydrogen-bond acceptors (Lipinski definition) is 2. The molecular formula is C24H38N2. The van der Waals surface area contributed by atoms with Crippen LogP contribution in [0, 0.1) is 17.8 Å². The molecule has 2 nitrogen and oxygen atoms in total. The normalized spacial score (nSPS) is 18.9. The topological polar surface area (TPSA) is 38.0 Å². The van der Waals surface area contributed by atoms with E-state index in [0.29, 0.717) is 29.6 Å². The van der Waals surface area contributed by atoms with Gasteiger partial charge in [0, 0.05) is 17.9 Å². The van der Waals surface area contributed by atoms with Crippen molar-refractivity contribution in [2.75, 3.05) is 11.9 Å². The Kier molecular flexibility index (Phi) is 6.97. The Bertz CT molecular complexity index is 639. The van der Waals surface area contributed by atoms with Crippen molar-refractivity contribution >= 4 is 5.69 Å². The average molecular weight is 355 g/mol. The smallest absolute Gasteiger partial charge is 0.0345 e. The first-order valence-electron chi connectivity index (χ1n) is 10.3. The molecule has 1 aliphatic rings. The standard InChI is InChI=1S/C24H38N2/c1-15(2)20-10-21(16(3)4)12-22(11-20)26-14-18(7)19-8-9-24(25)23(13-19)17(5)6/h9-13,15-19,26H,8,14,25H2,1-7H3. The molecule has 1 aromatic rings. The molecule has 2 heteroatoms. The van der Waals surface area contributed by atoms with Gasteiger partial charge in [0.2, 0.25) is 0 Å². The van der Waals surface area contributed by atoms with Crippen molar-refractivity contribution in [1.82, 2.24) is 0 Å². The number of anilines is 1. The summed E-state index contributed by atoms with van der Waals surface area (Å²) in [6.45, 7) is 16.8. The van der Waals surface area contributed by atoms with Crippen molar-refractivity contribution in [2.24, 2.45) is 23.5 Å². The maximum absolute atomic E-state index is 6.17. The van der Waals surface area contributed by atoms with E-state index in [4.69, 9.17) is 5.73 Å². The van der Waals surface area contributed by atoms with E-state index in [1.54, 1.807) is 0 Å². The predicted octanol–water partition coefficient (Wildman–Crippen LogP) is 6.43. The second kappa shape index (κ2) is 8.79. The summed E-state index contributed by atoms with van der Waals surface area (Å²) < 4.78 is 0. The highest BCUT2D eigenvalue weighted by atomic mass is 14.9. The van der Waals surface area contributed by atoms with E-state index < -0.39 is 0 Å². The van der Waals surface area contributed by atoms with Gasteiger partial charge in [-0.15, -0.1) is 0 Å². The molecule has 0 fully saturated rings. The first-order valence-corrected chi connectivity index (χ1v) is 10.3. The molecule has 0 amide bonds. The molecule has 0 heterocycles. The second-order valence-electron chi connectivity index (χ2n) is 8.89. The van der Waals surface area contributed by atoms with E-state index in [1.165, 1.54) is 22.4 Å². The molecule has 26 heavy (non-hydrogen) atoms. The van der Waals surface area contributed by atoms with Crippen LogP contribution in [0.1, 0.15) is 77.8 Å². The zero-order valence-corrected chi connectivity index (χ0v) is 17.8. The number of rotatable bonds is 7. The lowest BCUT2D eigenvalue weighted by Crippen LogP contribution is -2.23. The summed E-state index contributed by atoms with van der Waals surface area (Å²) in [6.07, 6.45) is 5.68. The van der Waals surface area contributed by atoms with Crippen LogP contribution in [-0.2, 0) is 0 Å². The fourth-order valence-electron chi connectivity index (χ4n) is 3.57. The summed E-state index contributed by atoms with van der Waals surface area (Å²) >= 11 is 0. The van der Waals surface area contributed by atoms with E-state index in [9.17, 15) is 0 Å². The van der Waals surface area contributed by atoms with Crippen LogP contribution in [0.3, 0.4) is 0 Å². The molecule has 3 N–H and O–H groups in total. The van der Waals surface area contributed by atoms with Crippen LogP contribution in [0.15, 0.2) is 41.6 Å². The van der Waals surface area contributed by atoms with Crippen molar-refractivity contribution in [1.29, 1.82) is 0 Å². The minimum Gasteiger partial charge on any atom is -0.399 e. The first-order chi connectivity index (χ1) is 12.2. The summed E-state index contributed by atoms with van der Waals surface area (Å²) in [7, 11) is 0. The molecule has 2 unspecified atom stereocenters. The van der Waals surface area contributed by atoms with Gasteiger partial charge in [0.25, 0.3) is 0 Å². The monoisotopic (exact) mass is 354 g/mol. The molecule has 2 atom stereocenters. The van der Waals surface area contributed by atoms with Gasteiger partial charge in [-0.05, 0) is 64.8 Å². The summed E-state index contributed by atoms with van der Waals surface area (Å²) in [5.74, 6) is 2.72. The Morgan fingerprint density at radius 2 is 1.50 bits per heavy atom. The van der Waals surface area contributed by atoms with Crippen molar-refractivity contribution in [2.45, 2.75) is 66.7 Å². The second-order valence-corrected chi connectivity index (χ2v) is 8.89. The van der Waals surface area contributed by atoms with Gasteiger partial charge in [-0.2, -0.15) is 0 Å². The van der Waals surface area contributed by atoms with Crippen LogP contribution in [0.25, 0.3) is 0 Å². The molecule has 2 rings (SSSR count). The first kappa shape index (κ1) is 20.6. The molecule has 0 radical (unpaired) electrons. The van der Waals surface area contributed by atoms with E-state index >= 15 is 0 Å². The number of nitrogens with one attached hydrogen (secondary N) is 1.